The summed E-state index contributed by atoms with van der Waals surface area (Å²) in [6.45, 7) is 1.46. The van der Waals surface area contributed by atoms with E-state index in [2.05, 4.69) is 4.98 Å². The third-order valence-electron chi connectivity index (χ3n) is 2.82. The van der Waals surface area contributed by atoms with Crippen molar-refractivity contribution >= 4 is 27.3 Å². The van der Waals surface area contributed by atoms with Gasteiger partial charge in [-0.25, -0.2) is 8.42 Å². The van der Waals surface area contributed by atoms with E-state index in [1.165, 1.54) is 11.2 Å². The zero-order valence-corrected chi connectivity index (χ0v) is 11.9. The van der Waals surface area contributed by atoms with Crippen LogP contribution in [-0.4, -0.2) is 41.4 Å². The van der Waals surface area contributed by atoms with Crippen molar-refractivity contribution in [3.63, 3.8) is 0 Å². The molecular formula is C10H14N2O5S2. The number of carboxylic acid groups (broad SMARTS) is 1. The Morgan fingerprint density at radius 2 is 2.16 bits per heavy atom. The largest absolute Gasteiger partial charge is 0.481 e. The van der Waals surface area contributed by atoms with Crippen LogP contribution < -0.4 is 4.87 Å². The second-order valence-electron chi connectivity index (χ2n) is 4.42. The van der Waals surface area contributed by atoms with Gasteiger partial charge in [-0.2, -0.15) is 4.31 Å². The van der Waals surface area contributed by atoms with Crippen molar-refractivity contribution in [3.05, 3.63) is 15.4 Å². The van der Waals surface area contributed by atoms with Gasteiger partial charge in [0.1, 0.15) is 0 Å². The van der Waals surface area contributed by atoms with Gasteiger partial charge >= 0.3 is 10.8 Å². The first-order chi connectivity index (χ1) is 8.82. The van der Waals surface area contributed by atoms with Gasteiger partial charge < -0.3 is 10.1 Å². The highest BCUT2D eigenvalue weighted by Crippen LogP contribution is 2.33. The average Bonchev–Trinajstić information content (AvgIpc) is 3.03. The van der Waals surface area contributed by atoms with Crippen molar-refractivity contribution in [2.24, 2.45) is 0 Å². The quantitative estimate of drug-likeness (QED) is 0.789. The van der Waals surface area contributed by atoms with Gasteiger partial charge in [-0.15, -0.1) is 0 Å². The molecule has 1 fully saturated rings. The lowest BCUT2D eigenvalue weighted by Gasteiger charge is -2.20. The summed E-state index contributed by atoms with van der Waals surface area (Å²) in [5.41, 5.74) is 0.302. The molecule has 0 aromatic carbocycles. The fraction of sp³-hybridized carbons (Fsp3) is 0.600. The van der Waals surface area contributed by atoms with Crippen LogP contribution in [0.3, 0.4) is 0 Å². The lowest BCUT2D eigenvalue weighted by molar-refractivity contribution is -0.137. The topological polar surface area (TPSA) is 108 Å². The number of nitrogens with one attached hydrogen (secondary N) is 1. The van der Waals surface area contributed by atoms with E-state index in [0.717, 1.165) is 12.8 Å². The van der Waals surface area contributed by atoms with Crippen LogP contribution in [0, 0.1) is 6.92 Å². The SMILES string of the molecule is Cc1[nH]c(=O)sc1S(=O)(=O)N(CCC(=O)O)C1CC1. The fourth-order valence-electron chi connectivity index (χ4n) is 1.81. The summed E-state index contributed by atoms with van der Waals surface area (Å²) in [6.07, 6.45) is 1.22. The van der Waals surface area contributed by atoms with Gasteiger partial charge in [0, 0.05) is 18.3 Å². The number of nitrogens with zero attached hydrogens (tertiary/aromatic N) is 1. The van der Waals surface area contributed by atoms with Gasteiger partial charge in [0.2, 0.25) is 0 Å². The smallest absolute Gasteiger partial charge is 0.305 e. The number of carboxylic acids is 1. The number of rotatable bonds is 6. The molecule has 7 nitrogen and oxygen atoms in total. The van der Waals surface area contributed by atoms with E-state index in [0.29, 0.717) is 17.0 Å². The molecule has 9 heteroatoms. The standard InChI is InChI=1S/C10H14N2O5S2/c1-6-9(18-10(15)11-6)19(16,17)12(7-2-3-7)5-4-8(13)14/h7H,2-5H2,1H3,(H,11,15)(H,13,14). The molecule has 0 unspecified atom stereocenters. The van der Waals surface area contributed by atoms with E-state index in [4.69, 9.17) is 5.11 Å². The van der Waals surface area contributed by atoms with E-state index in [9.17, 15) is 18.0 Å². The van der Waals surface area contributed by atoms with E-state index in [1.807, 2.05) is 0 Å². The normalized spacial score (nSPS) is 15.9. The molecule has 0 atom stereocenters. The predicted octanol–water partition coefficient (Wildman–Crippen LogP) is 0.373. The Labute approximate surface area is 113 Å². The highest BCUT2D eigenvalue weighted by atomic mass is 32.2. The molecule has 1 saturated carbocycles. The number of aromatic amines is 1. The average molecular weight is 306 g/mol. The number of hydrogen-bond donors (Lipinski definition) is 2. The molecule has 19 heavy (non-hydrogen) atoms. The van der Waals surface area contributed by atoms with E-state index in [1.54, 1.807) is 0 Å². The summed E-state index contributed by atoms with van der Waals surface area (Å²) in [4.78, 5) is 23.8. The minimum Gasteiger partial charge on any atom is -0.481 e. The molecule has 0 radical (unpaired) electrons. The van der Waals surface area contributed by atoms with E-state index < -0.39 is 20.9 Å². The lowest BCUT2D eigenvalue weighted by Crippen LogP contribution is -2.34. The van der Waals surface area contributed by atoms with Gasteiger partial charge in [0.15, 0.2) is 4.21 Å². The second kappa shape index (κ2) is 5.06. The summed E-state index contributed by atoms with van der Waals surface area (Å²) in [7, 11) is -3.79. The summed E-state index contributed by atoms with van der Waals surface area (Å²) < 4.78 is 26.1. The third kappa shape index (κ3) is 3.04. The van der Waals surface area contributed by atoms with Crippen LogP contribution in [0.2, 0.25) is 0 Å². The molecule has 2 N–H and O–H groups in total. The second-order valence-corrected chi connectivity index (χ2v) is 7.49. The number of sulfonamides is 1. The maximum Gasteiger partial charge on any atom is 0.305 e. The summed E-state index contributed by atoms with van der Waals surface area (Å²) in [5, 5.41) is 8.68. The Morgan fingerprint density at radius 3 is 2.58 bits per heavy atom. The number of aromatic nitrogens is 1. The molecule has 1 aromatic heterocycles. The van der Waals surface area contributed by atoms with Crippen molar-refractivity contribution in [1.29, 1.82) is 0 Å². The molecule has 1 aliphatic rings. The number of aryl methyl sites for hydroxylation is 1. The number of H-pyrrole nitrogens is 1. The molecule has 1 aromatic rings. The molecule has 2 rings (SSSR count). The molecule has 1 heterocycles. The molecule has 1 aliphatic carbocycles. The maximum absolute atomic E-state index is 12.4. The number of thiazole rings is 1. The number of hydrogen-bond acceptors (Lipinski definition) is 5. The van der Waals surface area contributed by atoms with Crippen molar-refractivity contribution < 1.29 is 18.3 Å². The first-order valence-electron chi connectivity index (χ1n) is 5.75. The first kappa shape index (κ1) is 14.2. The van der Waals surface area contributed by atoms with Crippen LogP contribution in [-0.2, 0) is 14.8 Å². The monoisotopic (exact) mass is 306 g/mol. The zero-order valence-electron chi connectivity index (χ0n) is 10.2. The van der Waals surface area contributed by atoms with Crippen molar-refractivity contribution in [2.75, 3.05) is 6.54 Å². The Morgan fingerprint density at radius 1 is 1.53 bits per heavy atom. The molecule has 0 spiro atoms. The highest BCUT2D eigenvalue weighted by Gasteiger charge is 2.39. The summed E-state index contributed by atoms with van der Waals surface area (Å²) in [6, 6.07) is -0.138. The Balaban J connectivity index is 2.31. The van der Waals surface area contributed by atoms with Crippen molar-refractivity contribution in [2.45, 2.75) is 36.4 Å². The minimum atomic E-state index is -3.79. The third-order valence-corrected chi connectivity index (χ3v) is 6.36. The molecular weight excluding hydrogens is 292 g/mol. The minimum absolute atomic E-state index is 0.0187. The molecule has 0 aliphatic heterocycles. The Bertz CT molecular complexity index is 641. The summed E-state index contributed by atoms with van der Waals surface area (Å²) in [5.74, 6) is -1.04. The zero-order chi connectivity index (χ0) is 14.2. The van der Waals surface area contributed by atoms with Crippen molar-refractivity contribution in [1.82, 2.24) is 9.29 Å². The van der Waals surface area contributed by atoms with Crippen LogP contribution in [0.25, 0.3) is 0 Å². The van der Waals surface area contributed by atoms with Crippen LogP contribution in [0.4, 0.5) is 0 Å². The molecule has 106 valence electrons. The molecule has 0 saturated heterocycles. The van der Waals surface area contributed by atoms with Crippen LogP contribution >= 0.6 is 11.3 Å². The van der Waals surface area contributed by atoms with E-state index >= 15 is 0 Å². The van der Waals surface area contributed by atoms with Gasteiger partial charge in [-0.05, 0) is 19.8 Å². The lowest BCUT2D eigenvalue weighted by atomic mass is 10.4. The van der Waals surface area contributed by atoms with Crippen LogP contribution in [0.1, 0.15) is 25.0 Å². The van der Waals surface area contributed by atoms with E-state index in [-0.39, 0.29) is 23.2 Å². The van der Waals surface area contributed by atoms with Gasteiger partial charge in [-0.3, -0.25) is 9.59 Å². The highest BCUT2D eigenvalue weighted by molar-refractivity contribution is 7.91. The molecule has 0 bridgehead atoms. The predicted molar refractivity (Wildman–Crippen MR) is 68.8 cm³/mol. The van der Waals surface area contributed by atoms with Gasteiger partial charge in [0.25, 0.3) is 10.0 Å². The van der Waals surface area contributed by atoms with Gasteiger partial charge in [-0.1, -0.05) is 11.3 Å². The summed E-state index contributed by atoms with van der Waals surface area (Å²) >= 11 is 0.641. The Hall–Kier alpha value is -1.19. The van der Waals surface area contributed by atoms with Crippen LogP contribution in [0.15, 0.2) is 9.00 Å². The van der Waals surface area contributed by atoms with Gasteiger partial charge in [0.05, 0.1) is 6.42 Å². The molecule has 0 amide bonds. The number of aliphatic carboxylic acids is 1. The first-order valence-corrected chi connectivity index (χ1v) is 8.01. The van der Waals surface area contributed by atoms with Crippen LogP contribution in [0.5, 0.6) is 0 Å². The number of carbonyl (C=O) groups is 1. The van der Waals surface area contributed by atoms with Crippen molar-refractivity contribution in [3.8, 4) is 0 Å². The Kier molecular flexibility index (Phi) is 3.79. The fourth-order valence-corrected chi connectivity index (χ4v) is 4.91. The maximum atomic E-state index is 12.4.